The van der Waals surface area contributed by atoms with Crippen LogP contribution in [0.1, 0.15) is 18.4 Å². The molecule has 2 N–H and O–H groups in total. The van der Waals surface area contributed by atoms with Crippen molar-refractivity contribution >= 4 is 23.5 Å². The van der Waals surface area contributed by atoms with Gasteiger partial charge in [-0.3, -0.25) is 4.79 Å². The minimum absolute atomic E-state index is 0.0817. The van der Waals surface area contributed by atoms with Gasteiger partial charge in [0.1, 0.15) is 6.04 Å². The average Bonchev–Trinajstić information content (AvgIpc) is 2.80. The number of nitrogens with zero attached hydrogens (tertiary/aromatic N) is 1. The van der Waals surface area contributed by atoms with Crippen LogP contribution in [0.25, 0.3) is 0 Å². The van der Waals surface area contributed by atoms with Gasteiger partial charge in [0.25, 0.3) is 0 Å². The molecule has 1 heterocycles. The third kappa shape index (κ3) is 3.29. The minimum atomic E-state index is -1.08. The molecule has 0 saturated carbocycles. The summed E-state index contributed by atoms with van der Waals surface area (Å²) < 4.78 is 0. The fourth-order valence-electron chi connectivity index (χ4n) is 2.41. The summed E-state index contributed by atoms with van der Waals surface area (Å²) in [4.78, 5) is 24.4. The number of carbonyl (C=O) groups excluding carboxylic acids is 1. The Balaban J connectivity index is 1.98. The monoisotopic (exact) mass is 297 g/mol. The number of amides is 1. The van der Waals surface area contributed by atoms with Gasteiger partial charge >= 0.3 is 5.97 Å². The number of aliphatic carboxylic acids is 1. The van der Waals surface area contributed by atoms with Gasteiger partial charge in [0.15, 0.2) is 0 Å². The van der Waals surface area contributed by atoms with Crippen molar-refractivity contribution in [3.05, 3.63) is 34.9 Å². The molecular weight excluding hydrogens is 282 g/mol. The maximum Gasteiger partial charge on any atom is 0.326 e. The molecule has 1 aromatic rings. The van der Waals surface area contributed by atoms with Crippen LogP contribution in [0.2, 0.25) is 5.02 Å². The standard InChI is InChI=1S/C14H16ClNO4/c15-11-4-2-1-3-9(11)5-6-13(18)16-8-10(17)7-12(16)14(19)20/h1-4,10,12,17H,5-8H2,(H,19,20)/t10?,12-/m0/s1. The number of β-amino-alcohol motifs (C(OH)–C–C–N with tert-alkyl or cyclic N) is 1. The maximum atomic E-state index is 12.1. The molecular formula is C14H16ClNO4. The number of carbonyl (C=O) groups is 2. The molecule has 0 aliphatic carbocycles. The quantitative estimate of drug-likeness (QED) is 0.878. The van der Waals surface area contributed by atoms with Crippen molar-refractivity contribution in [1.29, 1.82) is 0 Å². The second-order valence-electron chi connectivity index (χ2n) is 4.88. The predicted molar refractivity (Wildman–Crippen MR) is 73.5 cm³/mol. The summed E-state index contributed by atoms with van der Waals surface area (Å²) in [5.41, 5.74) is 0.856. The summed E-state index contributed by atoms with van der Waals surface area (Å²) in [6.07, 6.45) is -0.0365. The summed E-state index contributed by atoms with van der Waals surface area (Å²) in [7, 11) is 0. The van der Waals surface area contributed by atoms with E-state index in [0.717, 1.165) is 5.56 Å². The average molecular weight is 298 g/mol. The van der Waals surface area contributed by atoms with Crippen LogP contribution in [-0.4, -0.2) is 45.7 Å². The number of hydrogen-bond donors (Lipinski definition) is 2. The lowest BCUT2D eigenvalue weighted by Gasteiger charge is -2.21. The van der Waals surface area contributed by atoms with Gasteiger partial charge in [-0.05, 0) is 18.1 Å². The van der Waals surface area contributed by atoms with Gasteiger partial charge in [-0.15, -0.1) is 0 Å². The second kappa shape index (κ2) is 6.24. The Bertz CT molecular complexity index is 520. The Kier molecular flexibility index (Phi) is 4.62. The van der Waals surface area contributed by atoms with Crippen LogP contribution < -0.4 is 0 Å². The van der Waals surface area contributed by atoms with Crippen molar-refractivity contribution in [3.8, 4) is 0 Å². The summed E-state index contributed by atoms with van der Waals surface area (Å²) in [6, 6.07) is 6.31. The summed E-state index contributed by atoms with van der Waals surface area (Å²) in [5.74, 6) is -1.35. The minimum Gasteiger partial charge on any atom is -0.480 e. The van der Waals surface area contributed by atoms with E-state index in [0.29, 0.717) is 11.4 Å². The molecule has 6 heteroatoms. The van der Waals surface area contributed by atoms with Gasteiger partial charge < -0.3 is 15.1 Å². The predicted octanol–water partition coefficient (Wildman–Crippen LogP) is 1.32. The van der Waals surface area contributed by atoms with E-state index in [2.05, 4.69) is 0 Å². The van der Waals surface area contributed by atoms with Gasteiger partial charge in [0.05, 0.1) is 6.10 Å². The highest BCUT2D eigenvalue weighted by atomic mass is 35.5. The molecule has 1 aliphatic heterocycles. The molecule has 1 fully saturated rings. The number of aryl methyl sites for hydroxylation is 1. The third-order valence-corrected chi connectivity index (χ3v) is 3.82. The van der Waals surface area contributed by atoms with Crippen molar-refractivity contribution in [1.82, 2.24) is 4.90 Å². The largest absolute Gasteiger partial charge is 0.480 e. The Morgan fingerprint density at radius 3 is 2.70 bits per heavy atom. The highest BCUT2D eigenvalue weighted by Gasteiger charge is 2.38. The molecule has 108 valence electrons. The number of aliphatic hydroxyl groups excluding tert-OH is 1. The fourth-order valence-corrected chi connectivity index (χ4v) is 2.64. The van der Waals surface area contributed by atoms with E-state index in [1.54, 1.807) is 6.07 Å². The highest BCUT2D eigenvalue weighted by molar-refractivity contribution is 6.31. The van der Waals surface area contributed by atoms with Crippen molar-refractivity contribution < 1.29 is 19.8 Å². The van der Waals surface area contributed by atoms with Crippen molar-refractivity contribution in [2.45, 2.75) is 31.4 Å². The number of carboxylic acid groups (broad SMARTS) is 1. The number of benzene rings is 1. The lowest BCUT2D eigenvalue weighted by atomic mass is 10.1. The zero-order valence-corrected chi connectivity index (χ0v) is 11.6. The van der Waals surface area contributed by atoms with Crippen molar-refractivity contribution in [3.63, 3.8) is 0 Å². The van der Waals surface area contributed by atoms with Gasteiger partial charge in [-0.1, -0.05) is 29.8 Å². The first-order chi connectivity index (χ1) is 9.49. The normalized spacial score (nSPS) is 22.0. The number of carboxylic acids is 1. The fraction of sp³-hybridized carbons (Fsp3) is 0.429. The van der Waals surface area contributed by atoms with Crippen LogP contribution in [0, 0.1) is 0 Å². The maximum absolute atomic E-state index is 12.1. The topological polar surface area (TPSA) is 77.8 Å². The molecule has 0 aromatic heterocycles. The summed E-state index contributed by atoms with van der Waals surface area (Å²) in [5, 5.41) is 19.2. The number of aliphatic hydroxyl groups is 1. The van der Waals surface area contributed by atoms with Crippen molar-refractivity contribution in [2.24, 2.45) is 0 Å². The van der Waals surface area contributed by atoms with E-state index in [1.807, 2.05) is 18.2 Å². The van der Waals surface area contributed by atoms with Crippen LogP contribution in [0.15, 0.2) is 24.3 Å². The molecule has 1 amide bonds. The zero-order valence-electron chi connectivity index (χ0n) is 10.8. The number of hydrogen-bond acceptors (Lipinski definition) is 3. The molecule has 1 saturated heterocycles. The molecule has 0 spiro atoms. The van der Waals surface area contributed by atoms with Crippen LogP contribution >= 0.6 is 11.6 Å². The van der Waals surface area contributed by atoms with Gasteiger partial charge in [0, 0.05) is 24.4 Å². The van der Waals surface area contributed by atoms with Crippen LogP contribution in [-0.2, 0) is 16.0 Å². The van der Waals surface area contributed by atoms with Crippen LogP contribution in [0.4, 0.5) is 0 Å². The molecule has 1 aliphatic rings. The molecule has 0 radical (unpaired) electrons. The first-order valence-electron chi connectivity index (χ1n) is 6.42. The van der Waals surface area contributed by atoms with E-state index >= 15 is 0 Å². The van der Waals surface area contributed by atoms with E-state index in [4.69, 9.17) is 16.7 Å². The zero-order chi connectivity index (χ0) is 14.7. The van der Waals surface area contributed by atoms with Crippen molar-refractivity contribution in [2.75, 3.05) is 6.54 Å². The number of likely N-dealkylation sites (tertiary alicyclic amines) is 1. The Morgan fingerprint density at radius 2 is 2.05 bits per heavy atom. The lowest BCUT2D eigenvalue weighted by molar-refractivity contribution is -0.148. The second-order valence-corrected chi connectivity index (χ2v) is 5.29. The molecule has 20 heavy (non-hydrogen) atoms. The smallest absolute Gasteiger partial charge is 0.326 e. The SMILES string of the molecule is O=C(O)[C@@H]1CC(O)CN1C(=O)CCc1ccccc1Cl. The molecule has 1 aromatic carbocycles. The lowest BCUT2D eigenvalue weighted by Crippen LogP contribution is -2.40. The molecule has 5 nitrogen and oxygen atoms in total. The summed E-state index contributed by atoms with van der Waals surface area (Å²) >= 11 is 6.01. The number of halogens is 1. The first-order valence-corrected chi connectivity index (χ1v) is 6.80. The van der Waals surface area contributed by atoms with E-state index < -0.39 is 18.1 Å². The Hall–Kier alpha value is -1.59. The third-order valence-electron chi connectivity index (χ3n) is 3.45. The van der Waals surface area contributed by atoms with E-state index in [-0.39, 0.29) is 25.3 Å². The Labute approximate surface area is 121 Å². The molecule has 0 bridgehead atoms. The van der Waals surface area contributed by atoms with Gasteiger partial charge in [-0.25, -0.2) is 4.79 Å². The van der Waals surface area contributed by atoms with Gasteiger partial charge in [-0.2, -0.15) is 0 Å². The van der Waals surface area contributed by atoms with Gasteiger partial charge in [0.2, 0.25) is 5.91 Å². The highest BCUT2D eigenvalue weighted by Crippen LogP contribution is 2.21. The first kappa shape index (κ1) is 14.8. The van der Waals surface area contributed by atoms with Crippen LogP contribution in [0.3, 0.4) is 0 Å². The molecule has 2 rings (SSSR count). The Morgan fingerprint density at radius 1 is 1.35 bits per heavy atom. The molecule has 1 unspecified atom stereocenters. The number of rotatable bonds is 4. The van der Waals surface area contributed by atoms with E-state index in [9.17, 15) is 14.7 Å². The molecule has 2 atom stereocenters. The van der Waals surface area contributed by atoms with E-state index in [1.165, 1.54) is 4.90 Å². The summed E-state index contributed by atoms with van der Waals surface area (Å²) in [6.45, 7) is 0.0817. The van der Waals surface area contributed by atoms with Crippen LogP contribution in [0.5, 0.6) is 0 Å².